The average Bonchev–Trinajstić information content (AvgIpc) is 3.04. The van der Waals surface area contributed by atoms with Crippen LogP contribution >= 0.6 is 23.4 Å². The molecule has 0 saturated carbocycles. The molecule has 2 aromatic rings. The van der Waals surface area contributed by atoms with E-state index in [2.05, 4.69) is 14.9 Å². The van der Waals surface area contributed by atoms with Crippen molar-refractivity contribution in [2.24, 2.45) is 18.2 Å². The zero-order chi connectivity index (χ0) is 22.3. The topological polar surface area (TPSA) is 122 Å². The van der Waals surface area contributed by atoms with Gasteiger partial charge in [0.2, 0.25) is 11.8 Å². The van der Waals surface area contributed by atoms with Gasteiger partial charge in [-0.1, -0.05) is 23.4 Å². The molecule has 0 unspecified atom stereocenters. The van der Waals surface area contributed by atoms with Gasteiger partial charge >= 0.3 is 0 Å². The molecule has 0 amide bonds. The zero-order valence-corrected chi connectivity index (χ0v) is 19.4. The summed E-state index contributed by atoms with van der Waals surface area (Å²) in [5, 5.41) is 0.325. The molecule has 168 valence electrons. The van der Waals surface area contributed by atoms with Crippen LogP contribution in [0.25, 0.3) is 0 Å². The van der Waals surface area contributed by atoms with E-state index >= 15 is 0 Å². The van der Waals surface area contributed by atoms with Gasteiger partial charge in [-0.25, -0.2) is 4.98 Å². The highest BCUT2D eigenvalue weighted by molar-refractivity contribution is 7.99. The SMILES string of the molecule is COc1nccc(Sc2c(N)nc(N3CCC4(CC3)CO[C@@H](C)[C@H]4N)n(C)c2=O)c1Cl. The third kappa shape index (κ3) is 3.86. The van der Waals surface area contributed by atoms with Crippen LogP contribution in [0, 0.1) is 5.41 Å². The highest BCUT2D eigenvalue weighted by Crippen LogP contribution is 2.42. The molecule has 9 nitrogen and oxygen atoms in total. The molecule has 0 bridgehead atoms. The third-order valence-electron chi connectivity index (χ3n) is 6.37. The molecule has 2 aliphatic rings. The number of rotatable bonds is 4. The number of nitrogens with two attached hydrogens (primary N) is 2. The average molecular weight is 467 g/mol. The van der Waals surface area contributed by atoms with Crippen LogP contribution in [0.5, 0.6) is 5.88 Å². The van der Waals surface area contributed by atoms with Gasteiger partial charge in [0.1, 0.15) is 15.7 Å². The van der Waals surface area contributed by atoms with Crippen LogP contribution < -0.4 is 26.7 Å². The van der Waals surface area contributed by atoms with Gasteiger partial charge in [-0.3, -0.25) is 9.36 Å². The smallest absolute Gasteiger partial charge is 0.270 e. The minimum atomic E-state index is -0.228. The number of ether oxygens (including phenoxy) is 2. The molecular formula is C20H27ClN6O3S. The lowest BCUT2D eigenvalue weighted by Crippen LogP contribution is -2.51. The van der Waals surface area contributed by atoms with E-state index < -0.39 is 0 Å². The Kier molecular flexibility index (Phi) is 6.08. The first-order valence-corrected chi connectivity index (χ1v) is 11.3. The number of anilines is 2. The normalized spacial score (nSPS) is 22.8. The number of nitrogens with zero attached hydrogens (tertiary/aromatic N) is 4. The zero-order valence-electron chi connectivity index (χ0n) is 17.8. The summed E-state index contributed by atoms with van der Waals surface area (Å²) in [5.41, 5.74) is 12.4. The van der Waals surface area contributed by atoms with E-state index in [1.807, 2.05) is 6.92 Å². The van der Waals surface area contributed by atoms with Crippen molar-refractivity contribution in [1.29, 1.82) is 0 Å². The Morgan fingerprint density at radius 1 is 1.39 bits per heavy atom. The molecule has 0 aromatic carbocycles. The summed E-state index contributed by atoms with van der Waals surface area (Å²) in [6, 6.07) is 1.73. The van der Waals surface area contributed by atoms with Crippen molar-refractivity contribution in [1.82, 2.24) is 14.5 Å². The Morgan fingerprint density at radius 3 is 2.71 bits per heavy atom. The molecule has 31 heavy (non-hydrogen) atoms. The number of methoxy groups -OCH3 is 1. The number of piperidine rings is 1. The second-order valence-corrected chi connectivity index (χ2v) is 9.55. The monoisotopic (exact) mass is 466 g/mol. The van der Waals surface area contributed by atoms with Gasteiger partial charge in [-0.05, 0) is 25.8 Å². The largest absolute Gasteiger partial charge is 0.480 e. The van der Waals surface area contributed by atoms with Crippen molar-refractivity contribution in [3.63, 3.8) is 0 Å². The molecule has 0 radical (unpaired) electrons. The number of aromatic nitrogens is 3. The molecular weight excluding hydrogens is 440 g/mol. The molecule has 4 N–H and O–H groups in total. The lowest BCUT2D eigenvalue weighted by molar-refractivity contribution is 0.0973. The fraction of sp³-hybridized carbons (Fsp3) is 0.550. The van der Waals surface area contributed by atoms with E-state index in [4.69, 9.17) is 32.5 Å². The standard InChI is InChI=1S/C20H27ClN6O3S/c1-11-15(22)20(10-30-11)5-8-27(9-6-20)19-25-16(23)14(18(28)26(19)2)31-12-4-7-24-17(29-3)13(12)21/h4,7,11,15H,5-6,8-10,22-23H2,1-3H3/t11-,15+/m0/s1. The predicted octanol–water partition coefficient (Wildman–Crippen LogP) is 1.90. The number of nitrogen functional groups attached to an aromatic ring is 1. The van der Waals surface area contributed by atoms with E-state index in [9.17, 15) is 4.79 Å². The van der Waals surface area contributed by atoms with E-state index in [-0.39, 0.29) is 34.8 Å². The lowest BCUT2D eigenvalue weighted by atomic mass is 9.73. The first-order chi connectivity index (χ1) is 14.8. The predicted molar refractivity (Wildman–Crippen MR) is 121 cm³/mol. The Hall–Kier alpha value is -2.01. The second-order valence-electron chi connectivity index (χ2n) is 8.12. The van der Waals surface area contributed by atoms with E-state index in [1.54, 1.807) is 19.3 Å². The van der Waals surface area contributed by atoms with Gasteiger partial charge in [0.15, 0.2) is 0 Å². The Balaban J connectivity index is 1.58. The van der Waals surface area contributed by atoms with Crippen LogP contribution in [0.3, 0.4) is 0 Å². The number of halogens is 1. The van der Waals surface area contributed by atoms with Crippen LogP contribution in [-0.2, 0) is 11.8 Å². The highest BCUT2D eigenvalue weighted by atomic mass is 35.5. The Morgan fingerprint density at radius 2 is 2.10 bits per heavy atom. The van der Waals surface area contributed by atoms with Crippen molar-refractivity contribution in [3.05, 3.63) is 27.6 Å². The molecule has 2 aromatic heterocycles. The van der Waals surface area contributed by atoms with Gasteiger partial charge in [0.05, 0.1) is 19.8 Å². The molecule has 2 atom stereocenters. The first kappa shape index (κ1) is 22.2. The lowest BCUT2D eigenvalue weighted by Gasteiger charge is -2.41. The minimum absolute atomic E-state index is 0.00668. The van der Waals surface area contributed by atoms with Crippen LogP contribution in [0.15, 0.2) is 26.8 Å². The van der Waals surface area contributed by atoms with Crippen LogP contribution in [0.4, 0.5) is 11.8 Å². The summed E-state index contributed by atoms with van der Waals surface area (Å²) < 4.78 is 12.5. The maximum absolute atomic E-state index is 13.1. The van der Waals surface area contributed by atoms with E-state index in [0.717, 1.165) is 37.7 Å². The maximum Gasteiger partial charge on any atom is 0.270 e. The molecule has 2 fully saturated rings. The van der Waals surface area contributed by atoms with Crippen molar-refractivity contribution in [2.45, 2.75) is 41.7 Å². The molecule has 4 heterocycles. The minimum Gasteiger partial charge on any atom is -0.480 e. The number of hydrogen-bond acceptors (Lipinski definition) is 9. The van der Waals surface area contributed by atoms with Crippen molar-refractivity contribution in [3.8, 4) is 5.88 Å². The maximum atomic E-state index is 13.1. The molecule has 0 aliphatic carbocycles. The quantitative estimate of drug-likeness (QED) is 0.695. The van der Waals surface area contributed by atoms with Crippen molar-refractivity contribution < 1.29 is 9.47 Å². The second kappa shape index (κ2) is 8.50. The van der Waals surface area contributed by atoms with Crippen LogP contribution in [0.1, 0.15) is 19.8 Å². The van der Waals surface area contributed by atoms with Gasteiger partial charge < -0.3 is 25.8 Å². The molecule has 4 rings (SSSR count). The molecule has 11 heteroatoms. The Bertz CT molecular complexity index is 1040. The van der Waals surface area contributed by atoms with Gasteiger partial charge in [-0.2, -0.15) is 4.98 Å². The summed E-state index contributed by atoms with van der Waals surface area (Å²) >= 11 is 7.49. The van der Waals surface area contributed by atoms with Crippen molar-refractivity contribution >= 4 is 35.1 Å². The summed E-state index contributed by atoms with van der Waals surface area (Å²) in [4.78, 5) is 24.8. The fourth-order valence-corrected chi connectivity index (χ4v) is 5.53. The first-order valence-electron chi connectivity index (χ1n) is 10.1. The summed E-state index contributed by atoms with van der Waals surface area (Å²) in [6.07, 6.45) is 3.41. The highest BCUT2D eigenvalue weighted by Gasteiger charge is 2.47. The van der Waals surface area contributed by atoms with E-state index in [0.29, 0.717) is 27.4 Å². The van der Waals surface area contributed by atoms with Gasteiger partial charge in [0, 0.05) is 42.7 Å². The summed E-state index contributed by atoms with van der Waals surface area (Å²) in [6.45, 7) is 4.19. The number of hydrogen-bond donors (Lipinski definition) is 2. The summed E-state index contributed by atoms with van der Waals surface area (Å²) in [7, 11) is 3.19. The Labute approximate surface area is 190 Å². The molecule has 1 spiro atoms. The third-order valence-corrected chi connectivity index (χ3v) is 7.99. The fourth-order valence-electron chi connectivity index (χ4n) is 4.33. The van der Waals surface area contributed by atoms with Crippen molar-refractivity contribution in [2.75, 3.05) is 37.4 Å². The van der Waals surface area contributed by atoms with E-state index in [1.165, 1.54) is 11.7 Å². The molecule has 2 aliphatic heterocycles. The van der Waals surface area contributed by atoms with Crippen LogP contribution in [-0.4, -0.2) is 53.5 Å². The summed E-state index contributed by atoms with van der Waals surface area (Å²) in [5.74, 6) is 1.02. The van der Waals surface area contributed by atoms with Gasteiger partial charge in [0.25, 0.3) is 5.56 Å². The molecule has 2 saturated heterocycles. The van der Waals surface area contributed by atoms with Crippen LogP contribution in [0.2, 0.25) is 5.02 Å². The number of pyridine rings is 1. The van der Waals surface area contributed by atoms with Gasteiger partial charge in [-0.15, -0.1) is 0 Å².